The zero-order valence-corrected chi connectivity index (χ0v) is 14.8. The normalized spacial score (nSPS) is 10.4. The lowest BCUT2D eigenvalue weighted by Gasteiger charge is -2.14. The van der Waals surface area contributed by atoms with Crippen molar-refractivity contribution in [1.29, 1.82) is 0 Å². The van der Waals surface area contributed by atoms with Gasteiger partial charge in [-0.25, -0.2) is 4.79 Å². The number of hydrogen-bond donors (Lipinski definition) is 2. The van der Waals surface area contributed by atoms with Gasteiger partial charge < -0.3 is 15.4 Å². The number of nitrogens with one attached hydrogen (secondary N) is 2. The molecule has 2 N–H and O–H groups in total. The van der Waals surface area contributed by atoms with Gasteiger partial charge in [0.25, 0.3) is 0 Å². The van der Waals surface area contributed by atoms with Gasteiger partial charge >= 0.3 is 5.97 Å². The first-order valence-corrected chi connectivity index (χ1v) is 8.41. The van der Waals surface area contributed by atoms with Crippen molar-refractivity contribution >= 4 is 23.3 Å². The number of hydrogen-bond acceptors (Lipinski definition) is 4. The van der Waals surface area contributed by atoms with E-state index in [0.29, 0.717) is 23.8 Å². The van der Waals surface area contributed by atoms with Gasteiger partial charge in [-0.05, 0) is 48.7 Å². The molecule has 0 atom stereocenters. The van der Waals surface area contributed by atoms with Crippen LogP contribution in [-0.2, 0) is 9.53 Å². The first kappa shape index (κ1) is 18.5. The Morgan fingerprint density at radius 3 is 2.36 bits per heavy atom. The highest BCUT2D eigenvalue weighted by atomic mass is 16.5. The van der Waals surface area contributed by atoms with E-state index >= 15 is 0 Å². The van der Waals surface area contributed by atoms with Crippen LogP contribution in [-0.4, -0.2) is 25.0 Å². The molecule has 0 aliphatic rings. The molecule has 2 aromatic carbocycles. The minimum Gasteiger partial charge on any atom is -0.462 e. The quantitative estimate of drug-likeness (QED) is 0.747. The molecule has 0 aromatic heterocycles. The van der Waals surface area contributed by atoms with Crippen molar-refractivity contribution in [3.8, 4) is 0 Å². The molecule has 2 rings (SSSR count). The Morgan fingerprint density at radius 1 is 1.04 bits per heavy atom. The third-order valence-corrected chi connectivity index (χ3v) is 3.70. The van der Waals surface area contributed by atoms with Gasteiger partial charge in [0, 0.05) is 11.4 Å². The summed E-state index contributed by atoms with van der Waals surface area (Å²) >= 11 is 0. The number of carbonyl (C=O) groups excluding carboxylic acids is 2. The summed E-state index contributed by atoms with van der Waals surface area (Å²) in [6.07, 6.45) is 0. The molecule has 0 fully saturated rings. The number of anilines is 2. The largest absolute Gasteiger partial charge is 0.462 e. The molecule has 0 heterocycles. The van der Waals surface area contributed by atoms with E-state index in [4.69, 9.17) is 4.74 Å². The molecule has 5 heteroatoms. The number of amides is 1. The second-order valence-corrected chi connectivity index (χ2v) is 5.94. The molecule has 132 valence electrons. The van der Waals surface area contributed by atoms with Gasteiger partial charge in [-0.2, -0.15) is 0 Å². The van der Waals surface area contributed by atoms with Gasteiger partial charge in [0.15, 0.2) is 0 Å². The lowest BCUT2D eigenvalue weighted by Crippen LogP contribution is -2.22. The Hall–Kier alpha value is -2.82. The zero-order chi connectivity index (χ0) is 18.2. The van der Waals surface area contributed by atoms with Crippen LogP contribution in [0.1, 0.15) is 42.6 Å². The fourth-order valence-electron chi connectivity index (χ4n) is 2.45. The Bertz CT molecular complexity index is 724. The van der Waals surface area contributed by atoms with E-state index in [1.54, 1.807) is 31.2 Å². The first-order valence-electron chi connectivity index (χ1n) is 8.41. The van der Waals surface area contributed by atoms with Crippen LogP contribution >= 0.6 is 0 Å². The predicted octanol–water partition coefficient (Wildman–Crippen LogP) is 4.04. The smallest absolute Gasteiger partial charge is 0.338 e. The highest BCUT2D eigenvalue weighted by molar-refractivity contribution is 5.95. The second-order valence-electron chi connectivity index (χ2n) is 5.94. The molecule has 0 saturated carbocycles. The average Bonchev–Trinajstić information content (AvgIpc) is 2.61. The third kappa shape index (κ3) is 5.35. The maximum Gasteiger partial charge on any atom is 0.338 e. The molecular weight excluding hydrogens is 316 g/mol. The monoisotopic (exact) mass is 340 g/mol. The zero-order valence-electron chi connectivity index (χ0n) is 14.8. The molecule has 0 bridgehead atoms. The molecule has 2 aromatic rings. The molecule has 0 radical (unpaired) electrons. The lowest BCUT2D eigenvalue weighted by atomic mass is 10.0. The number of esters is 1. The standard InChI is InChI=1S/C20H24N2O3/c1-4-25-20(24)15-9-11-16(12-10-15)22-19(23)13-21-18-8-6-5-7-17(18)14(2)3/h5-12,14,21H,4,13H2,1-3H3,(H,22,23). The highest BCUT2D eigenvalue weighted by Crippen LogP contribution is 2.23. The summed E-state index contributed by atoms with van der Waals surface area (Å²) in [4.78, 5) is 23.7. The van der Waals surface area contributed by atoms with Crippen LogP contribution in [0.4, 0.5) is 11.4 Å². The van der Waals surface area contributed by atoms with E-state index in [-0.39, 0.29) is 18.4 Å². The van der Waals surface area contributed by atoms with Crippen LogP contribution in [0.2, 0.25) is 0 Å². The van der Waals surface area contributed by atoms with Crippen LogP contribution in [0, 0.1) is 0 Å². The summed E-state index contributed by atoms with van der Waals surface area (Å²) in [7, 11) is 0. The SMILES string of the molecule is CCOC(=O)c1ccc(NC(=O)CNc2ccccc2C(C)C)cc1. The second kappa shape index (κ2) is 8.87. The van der Waals surface area contributed by atoms with E-state index in [1.165, 1.54) is 5.56 Å². The van der Waals surface area contributed by atoms with Gasteiger partial charge in [-0.1, -0.05) is 32.0 Å². The highest BCUT2D eigenvalue weighted by Gasteiger charge is 2.09. The molecule has 0 spiro atoms. The maximum absolute atomic E-state index is 12.1. The van der Waals surface area contributed by atoms with Crippen molar-refractivity contribution in [3.63, 3.8) is 0 Å². The topological polar surface area (TPSA) is 67.4 Å². The number of para-hydroxylation sites is 1. The molecule has 0 aliphatic carbocycles. The number of carbonyl (C=O) groups is 2. The number of benzene rings is 2. The van der Waals surface area contributed by atoms with Crippen LogP contribution in [0.25, 0.3) is 0 Å². The predicted molar refractivity (Wildman–Crippen MR) is 100 cm³/mol. The van der Waals surface area contributed by atoms with Gasteiger partial charge in [0.05, 0.1) is 18.7 Å². The van der Waals surface area contributed by atoms with Crippen LogP contribution in [0.3, 0.4) is 0 Å². The maximum atomic E-state index is 12.1. The van der Waals surface area contributed by atoms with E-state index in [2.05, 4.69) is 30.5 Å². The van der Waals surface area contributed by atoms with Crippen LogP contribution < -0.4 is 10.6 Å². The van der Waals surface area contributed by atoms with Gasteiger partial charge in [-0.15, -0.1) is 0 Å². The van der Waals surface area contributed by atoms with Crippen molar-refractivity contribution in [2.75, 3.05) is 23.8 Å². The van der Waals surface area contributed by atoms with Crippen LogP contribution in [0.15, 0.2) is 48.5 Å². The fourth-order valence-corrected chi connectivity index (χ4v) is 2.45. The molecule has 0 aliphatic heterocycles. The molecule has 25 heavy (non-hydrogen) atoms. The van der Waals surface area contributed by atoms with E-state index in [1.807, 2.05) is 18.2 Å². The van der Waals surface area contributed by atoms with Crippen LogP contribution in [0.5, 0.6) is 0 Å². The summed E-state index contributed by atoms with van der Waals surface area (Å²) in [5.74, 6) is -0.142. The lowest BCUT2D eigenvalue weighted by molar-refractivity contribution is -0.114. The summed E-state index contributed by atoms with van der Waals surface area (Å²) < 4.78 is 4.93. The van der Waals surface area contributed by atoms with E-state index in [0.717, 1.165) is 5.69 Å². The molecule has 0 unspecified atom stereocenters. The number of rotatable bonds is 7. The van der Waals surface area contributed by atoms with Crippen molar-refractivity contribution in [1.82, 2.24) is 0 Å². The van der Waals surface area contributed by atoms with Crippen molar-refractivity contribution in [2.45, 2.75) is 26.7 Å². The Kier molecular flexibility index (Phi) is 6.57. The molecular formula is C20H24N2O3. The van der Waals surface area contributed by atoms with Gasteiger partial charge in [-0.3, -0.25) is 4.79 Å². The van der Waals surface area contributed by atoms with Gasteiger partial charge in [0.2, 0.25) is 5.91 Å². The Labute approximate surface area is 148 Å². The summed E-state index contributed by atoms with van der Waals surface area (Å²) in [5.41, 5.74) is 3.24. The number of ether oxygens (including phenoxy) is 1. The minimum absolute atomic E-state index is 0.151. The van der Waals surface area contributed by atoms with Crippen molar-refractivity contribution in [3.05, 3.63) is 59.7 Å². The molecule has 0 saturated heterocycles. The average molecular weight is 340 g/mol. The fraction of sp³-hybridized carbons (Fsp3) is 0.300. The van der Waals surface area contributed by atoms with Gasteiger partial charge in [0.1, 0.15) is 0 Å². The summed E-state index contributed by atoms with van der Waals surface area (Å²) in [6, 6.07) is 14.6. The summed E-state index contributed by atoms with van der Waals surface area (Å²) in [6.45, 7) is 6.50. The van der Waals surface area contributed by atoms with E-state index < -0.39 is 0 Å². The van der Waals surface area contributed by atoms with Crippen molar-refractivity contribution < 1.29 is 14.3 Å². The van der Waals surface area contributed by atoms with E-state index in [9.17, 15) is 9.59 Å². The van der Waals surface area contributed by atoms with Crippen molar-refractivity contribution in [2.24, 2.45) is 0 Å². The molecule has 5 nitrogen and oxygen atoms in total. The first-order chi connectivity index (χ1) is 12.0. The third-order valence-electron chi connectivity index (χ3n) is 3.70. The Morgan fingerprint density at radius 2 is 1.72 bits per heavy atom. The minimum atomic E-state index is -0.368. The molecule has 1 amide bonds. The Balaban J connectivity index is 1.91. The summed E-state index contributed by atoms with van der Waals surface area (Å²) in [5, 5.41) is 5.98.